The molecule has 1 aromatic carbocycles. The molecule has 3 N–H and O–H groups in total. The maximum atomic E-state index is 12.0. The summed E-state index contributed by atoms with van der Waals surface area (Å²) in [5.74, 6) is -0.0763. The number of carbonyl (C=O) groups is 2. The van der Waals surface area contributed by atoms with Crippen LogP contribution in [-0.4, -0.2) is 28.6 Å². The molecular formula is C14H12N4O4. The van der Waals surface area contributed by atoms with Gasteiger partial charge in [0.05, 0.1) is 18.7 Å². The zero-order valence-electron chi connectivity index (χ0n) is 11.4. The number of anilines is 2. The van der Waals surface area contributed by atoms with Crippen molar-refractivity contribution in [3.05, 3.63) is 46.4 Å². The van der Waals surface area contributed by atoms with E-state index in [1.165, 1.54) is 12.1 Å². The van der Waals surface area contributed by atoms with Gasteiger partial charge in [-0.15, -0.1) is 0 Å². The van der Waals surface area contributed by atoms with Crippen LogP contribution in [-0.2, 0) is 4.79 Å². The van der Waals surface area contributed by atoms with Gasteiger partial charge in [0.15, 0.2) is 0 Å². The van der Waals surface area contributed by atoms with Crippen LogP contribution in [0.15, 0.2) is 35.1 Å². The summed E-state index contributed by atoms with van der Waals surface area (Å²) >= 11 is 0. The predicted molar refractivity (Wildman–Crippen MR) is 78.0 cm³/mol. The average molecular weight is 300 g/mol. The van der Waals surface area contributed by atoms with Crippen molar-refractivity contribution in [2.24, 2.45) is 0 Å². The smallest absolute Gasteiger partial charge is 0.276 e. The Balaban J connectivity index is 1.81. The first-order chi connectivity index (χ1) is 10.6. The van der Waals surface area contributed by atoms with Gasteiger partial charge in [-0.1, -0.05) is 0 Å². The number of rotatable bonds is 2. The third kappa shape index (κ3) is 2.95. The van der Waals surface area contributed by atoms with Gasteiger partial charge in [-0.25, -0.2) is 5.10 Å². The molecule has 0 radical (unpaired) electrons. The van der Waals surface area contributed by atoms with Crippen LogP contribution in [0, 0.1) is 0 Å². The standard InChI is InChI=1S/C14H12N4O4/c19-12-5-6-22-11-3-1-8(7-10(11)16-12)15-14(21)9-2-4-13(20)18-17-9/h1-4,7H,5-6H2,(H,15,21)(H,16,19)(H,18,20). The van der Waals surface area contributed by atoms with Gasteiger partial charge in [-0.3, -0.25) is 14.4 Å². The number of hydrogen-bond acceptors (Lipinski definition) is 5. The normalized spacial score (nSPS) is 13.4. The third-order valence-corrected chi connectivity index (χ3v) is 3.01. The van der Waals surface area contributed by atoms with Crippen LogP contribution in [0.5, 0.6) is 5.75 Å². The van der Waals surface area contributed by atoms with E-state index in [4.69, 9.17) is 4.74 Å². The summed E-state index contributed by atoms with van der Waals surface area (Å²) in [7, 11) is 0. The molecule has 1 aliphatic heterocycles. The van der Waals surface area contributed by atoms with E-state index in [0.717, 1.165) is 0 Å². The number of carbonyl (C=O) groups excluding carboxylic acids is 2. The lowest BCUT2D eigenvalue weighted by Crippen LogP contribution is -2.17. The lowest BCUT2D eigenvalue weighted by atomic mass is 10.2. The Labute approximate surface area is 124 Å². The monoisotopic (exact) mass is 300 g/mol. The zero-order valence-corrected chi connectivity index (χ0v) is 11.4. The molecule has 0 saturated carbocycles. The van der Waals surface area contributed by atoms with E-state index in [2.05, 4.69) is 20.8 Å². The quantitative estimate of drug-likeness (QED) is 0.757. The van der Waals surface area contributed by atoms with Crippen molar-refractivity contribution in [3.8, 4) is 5.75 Å². The minimum atomic E-state index is -0.475. The van der Waals surface area contributed by atoms with Crippen molar-refractivity contribution in [3.63, 3.8) is 0 Å². The van der Waals surface area contributed by atoms with Gasteiger partial charge in [0, 0.05) is 11.8 Å². The molecule has 2 amide bonds. The maximum Gasteiger partial charge on any atom is 0.276 e. The molecule has 0 bridgehead atoms. The molecule has 0 unspecified atom stereocenters. The molecule has 1 aliphatic rings. The molecule has 0 saturated heterocycles. The number of nitrogens with zero attached hydrogens (tertiary/aromatic N) is 1. The van der Waals surface area contributed by atoms with Crippen molar-refractivity contribution >= 4 is 23.2 Å². The largest absolute Gasteiger partial charge is 0.491 e. The maximum absolute atomic E-state index is 12.0. The molecular weight excluding hydrogens is 288 g/mol. The molecule has 0 atom stereocenters. The lowest BCUT2D eigenvalue weighted by Gasteiger charge is -2.10. The highest BCUT2D eigenvalue weighted by Crippen LogP contribution is 2.30. The Hall–Kier alpha value is -3.16. The molecule has 112 valence electrons. The van der Waals surface area contributed by atoms with Crippen LogP contribution in [0.1, 0.15) is 16.9 Å². The molecule has 8 heteroatoms. The number of nitrogens with one attached hydrogen (secondary N) is 3. The minimum Gasteiger partial charge on any atom is -0.491 e. The van der Waals surface area contributed by atoms with Crippen LogP contribution in [0.2, 0.25) is 0 Å². The Morgan fingerprint density at radius 2 is 2.09 bits per heavy atom. The minimum absolute atomic E-state index is 0.0785. The van der Waals surface area contributed by atoms with Crippen molar-refractivity contribution < 1.29 is 14.3 Å². The van der Waals surface area contributed by atoms with Crippen molar-refractivity contribution in [1.82, 2.24) is 10.2 Å². The summed E-state index contributed by atoms with van der Waals surface area (Å²) in [6, 6.07) is 7.45. The number of amides is 2. The Morgan fingerprint density at radius 1 is 1.23 bits per heavy atom. The van der Waals surface area contributed by atoms with Gasteiger partial charge < -0.3 is 15.4 Å². The van der Waals surface area contributed by atoms with Crippen molar-refractivity contribution in [2.75, 3.05) is 17.2 Å². The molecule has 1 aromatic heterocycles. The molecule has 0 spiro atoms. The fraction of sp³-hybridized carbons (Fsp3) is 0.143. The predicted octanol–water partition coefficient (Wildman–Crippen LogP) is 0.743. The van der Waals surface area contributed by atoms with Gasteiger partial charge in [-0.05, 0) is 24.3 Å². The second kappa shape index (κ2) is 5.68. The van der Waals surface area contributed by atoms with E-state index < -0.39 is 5.91 Å². The number of aromatic amines is 1. The summed E-state index contributed by atoms with van der Waals surface area (Å²) in [6.45, 7) is 0.311. The van der Waals surface area contributed by atoms with E-state index >= 15 is 0 Å². The number of benzene rings is 1. The summed E-state index contributed by atoms with van der Waals surface area (Å²) in [5, 5.41) is 11.2. The lowest BCUT2D eigenvalue weighted by molar-refractivity contribution is -0.116. The topological polar surface area (TPSA) is 113 Å². The zero-order chi connectivity index (χ0) is 15.5. The van der Waals surface area contributed by atoms with Gasteiger partial charge in [-0.2, -0.15) is 5.10 Å². The number of aromatic nitrogens is 2. The molecule has 8 nitrogen and oxygen atoms in total. The SMILES string of the molecule is O=C1CCOc2ccc(NC(=O)c3ccc(=O)[nH]n3)cc2N1. The van der Waals surface area contributed by atoms with E-state index in [1.807, 2.05) is 0 Å². The molecule has 2 heterocycles. The number of ether oxygens (including phenoxy) is 1. The third-order valence-electron chi connectivity index (χ3n) is 3.01. The van der Waals surface area contributed by atoms with E-state index in [1.54, 1.807) is 18.2 Å². The first-order valence-electron chi connectivity index (χ1n) is 6.55. The molecule has 0 fully saturated rings. The van der Waals surface area contributed by atoms with Crippen molar-refractivity contribution in [1.29, 1.82) is 0 Å². The first kappa shape index (κ1) is 13.8. The summed E-state index contributed by atoms with van der Waals surface area (Å²) in [6.07, 6.45) is 0.275. The number of H-pyrrole nitrogens is 1. The van der Waals surface area contributed by atoms with E-state index in [9.17, 15) is 14.4 Å². The summed E-state index contributed by atoms with van der Waals surface area (Å²) in [5.41, 5.74) is 0.661. The summed E-state index contributed by atoms with van der Waals surface area (Å²) < 4.78 is 5.43. The fourth-order valence-electron chi connectivity index (χ4n) is 1.96. The van der Waals surface area contributed by atoms with Crippen LogP contribution in [0.25, 0.3) is 0 Å². The van der Waals surface area contributed by atoms with Crippen molar-refractivity contribution in [2.45, 2.75) is 6.42 Å². The highest BCUT2D eigenvalue weighted by molar-refractivity contribution is 6.03. The van der Waals surface area contributed by atoms with E-state index in [0.29, 0.717) is 23.7 Å². The second-order valence-electron chi connectivity index (χ2n) is 4.62. The van der Waals surface area contributed by atoms with Gasteiger partial charge >= 0.3 is 0 Å². The van der Waals surface area contributed by atoms with Gasteiger partial charge in [0.25, 0.3) is 11.5 Å². The Kier molecular flexibility index (Phi) is 3.57. The van der Waals surface area contributed by atoms with E-state index in [-0.39, 0.29) is 23.6 Å². The van der Waals surface area contributed by atoms with Crippen LogP contribution in [0.3, 0.4) is 0 Å². The van der Waals surface area contributed by atoms with Crippen LogP contribution >= 0.6 is 0 Å². The molecule has 2 aromatic rings. The molecule has 0 aliphatic carbocycles. The summed E-state index contributed by atoms with van der Waals surface area (Å²) in [4.78, 5) is 34.4. The highest BCUT2D eigenvalue weighted by Gasteiger charge is 2.15. The van der Waals surface area contributed by atoms with Gasteiger partial charge in [0.2, 0.25) is 5.91 Å². The Morgan fingerprint density at radius 3 is 2.86 bits per heavy atom. The second-order valence-corrected chi connectivity index (χ2v) is 4.62. The number of fused-ring (bicyclic) bond motifs is 1. The molecule has 3 rings (SSSR count). The average Bonchev–Trinajstić information content (AvgIpc) is 2.68. The van der Waals surface area contributed by atoms with Gasteiger partial charge in [0.1, 0.15) is 11.4 Å². The number of hydrogen-bond donors (Lipinski definition) is 3. The van der Waals surface area contributed by atoms with Crippen LogP contribution < -0.4 is 20.9 Å². The Bertz CT molecular complexity index is 779. The fourth-order valence-corrected chi connectivity index (χ4v) is 1.96. The van der Waals surface area contributed by atoms with Crippen LogP contribution in [0.4, 0.5) is 11.4 Å². The molecule has 22 heavy (non-hydrogen) atoms. The first-order valence-corrected chi connectivity index (χ1v) is 6.55. The highest BCUT2D eigenvalue weighted by atomic mass is 16.5.